The van der Waals surface area contributed by atoms with E-state index in [1.807, 2.05) is 0 Å². The Balaban J connectivity index is 0.00000193. The third-order valence-corrected chi connectivity index (χ3v) is 11.9. The van der Waals surface area contributed by atoms with Crippen LogP contribution in [0.2, 0.25) is 0 Å². The molecule has 0 aromatic rings. The van der Waals surface area contributed by atoms with Crippen LogP contribution in [0.1, 0.15) is 106 Å². The van der Waals surface area contributed by atoms with Crippen LogP contribution in [-0.2, 0) is 9.47 Å². The molecule has 6 aliphatic rings. The highest BCUT2D eigenvalue weighted by Gasteiger charge is 2.68. The summed E-state index contributed by atoms with van der Waals surface area (Å²) in [6.07, 6.45) is 16.2. The summed E-state index contributed by atoms with van der Waals surface area (Å²) in [5, 5.41) is 0. The van der Waals surface area contributed by atoms with Crippen molar-refractivity contribution in [1.29, 1.82) is 0 Å². The fourth-order valence-corrected chi connectivity index (χ4v) is 10.3. The monoisotopic (exact) mass is 416 g/mol. The Labute approximate surface area is 186 Å². The van der Waals surface area contributed by atoms with E-state index in [1.165, 1.54) is 64.2 Å². The van der Waals surface area contributed by atoms with Crippen molar-refractivity contribution < 1.29 is 9.47 Å². The lowest BCUT2D eigenvalue weighted by molar-refractivity contribution is -0.273. The van der Waals surface area contributed by atoms with Gasteiger partial charge in [-0.15, -0.1) is 0 Å². The predicted octanol–water partition coefficient (Wildman–Crippen LogP) is 7.46. The van der Waals surface area contributed by atoms with Crippen LogP contribution in [0.5, 0.6) is 0 Å². The first-order chi connectivity index (χ1) is 13.9. The third-order valence-electron chi connectivity index (χ3n) is 11.9. The molecule has 2 aliphatic heterocycles. The summed E-state index contributed by atoms with van der Waals surface area (Å²) in [7, 11) is 0. The fourth-order valence-electron chi connectivity index (χ4n) is 10.3. The minimum absolute atomic E-state index is 0. The van der Waals surface area contributed by atoms with Gasteiger partial charge in [0.05, 0.1) is 12.7 Å². The average Bonchev–Trinajstić information content (AvgIpc) is 3.15. The molecule has 2 saturated heterocycles. The summed E-state index contributed by atoms with van der Waals surface area (Å²) in [5.74, 6) is 5.62. The van der Waals surface area contributed by atoms with Crippen molar-refractivity contribution in [3.8, 4) is 0 Å². The van der Waals surface area contributed by atoms with E-state index in [1.54, 1.807) is 0 Å². The van der Waals surface area contributed by atoms with Gasteiger partial charge in [-0.05, 0) is 97.7 Å². The maximum atomic E-state index is 6.92. The number of hydrogen-bond donors (Lipinski definition) is 0. The van der Waals surface area contributed by atoms with Crippen molar-refractivity contribution in [3.63, 3.8) is 0 Å². The summed E-state index contributed by atoms with van der Waals surface area (Å²) in [6.45, 7) is 11.1. The van der Waals surface area contributed by atoms with Gasteiger partial charge in [0.1, 0.15) is 0 Å². The lowest BCUT2D eigenvalue weighted by atomic mass is 9.44. The Hall–Kier alpha value is -0.0800. The Morgan fingerprint density at radius 3 is 2.40 bits per heavy atom. The second kappa shape index (κ2) is 7.21. The molecular formula is C28H48O2. The van der Waals surface area contributed by atoms with Crippen molar-refractivity contribution in [2.45, 2.75) is 118 Å². The zero-order chi connectivity index (χ0) is 20.0. The van der Waals surface area contributed by atoms with Gasteiger partial charge in [0.2, 0.25) is 0 Å². The lowest BCUT2D eigenvalue weighted by Gasteiger charge is -2.61. The minimum Gasteiger partial charge on any atom is -0.349 e. The molecule has 11 atom stereocenters. The van der Waals surface area contributed by atoms with Crippen molar-refractivity contribution >= 4 is 0 Å². The SMILES string of the molecule is C.C[C@@H]1CC[C@@]2(OC1)O[C@H]1C[C@H]3[C@@H]4CCC5CCCC[C@]5(C)[C@H]4CC[C@]3(C)[C@H]1[C@@H]2C. The van der Waals surface area contributed by atoms with E-state index >= 15 is 0 Å². The predicted molar refractivity (Wildman–Crippen MR) is 123 cm³/mol. The van der Waals surface area contributed by atoms with Crippen LogP contribution < -0.4 is 0 Å². The molecular weight excluding hydrogens is 368 g/mol. The topological polar surface area (TPSA) is 18.5 Å². The van der Waals surface area contributed by atoms with Crippen LogP contribution in [0, 0.1) is 52.3 Å². The largest absolute Gasteiger partial charge is 0.349 e. The van der Waals surface area contributed by atoms with E-state index in [-0.39, 0.29) is 13.2 Å². The highest BCUT2D eigenvalue weighted by Crippen LogP contribution is 2.71. The second-order valence-electron chi connectivity index (χ2n) is 12.9. The highest BCUT2D eigenvalue weighted by molar-refractivity contribution is 5.15. The number of fused-ring (bicyclic) bond motifs is 7. The quantitative estimate of drug-likeness (QED) is 0.408. The standard InChI is InChI=1S/C27H44O2.CH4/c1-17-10-14-27(28-16-17)18(2)24-23(29-27)15-22-20-9-8-19-7-5-6-12-25(19,3)21(20)11-13-26(22,24)4;/h17-24H,5-16H2,1-4H3;1H4/t17-,18+,19?,20-,21+,22+,23+,24+,25+,26+,27-;/m1./s1. The molecule has 30 heavy (non-hydrogen) atoms. The van der Waals surface area contributed by atoms with Gasteiger partial charge in [-0.25, -0.2) is 0 Å². The molecule has 6 fully saturated rings. The van der Waals surface area contributed by atoms with Crippen molar-refractivity contribution in [2.24, 2.45) is 52.3 Å². The van der Waals surface area contributed by atoms with Gasteiger partial charge in [-0.2, -0.15) is 0 Å². The smallest absolute Gasteiger partial charge is 0.171 e. The first kappa shape index (κ1) is 21.7. The zero-order valence-electron chi connectivity index (χ0n) is 19.4. The Morgan fingerprint density at radius 2 is 1.63 bits per heavy atom. The van der Waals surface area contributed by atoms with Crippen LogP contribution >= 0.6 is 0 Å². The first-order valence-electron chi connectivity index (χ1n) is 13.2. The fraction of sp³-hybridized carbons (Fsp3) is 1.00. The summed E-state index contributed by atoms with van der Waals surface area (Å²) in [5.41, 5.74) is 1.13. The molecule has 0 radical (unpaired) electrons. The van der Waals surface area contributed by atoms with E-state index in [0.29, 0.717) is 28.8 Å². The van der Waals surface area contributed by atoms with Gasteiger partial charge in [-0.1, -0.05) is 48.0 Å². The minimum atomic E-state index is -0.250. The molecule has 0 N–H and O–H groups in total. The molecule has 172 valence electrons. The van der Waals surface area contributed by atoms with E-state index in [4.69, 9.17) is 9.47 Å². The maximum absolute atomic E-state index is 6.92. The van der Waals surface area contributed by atoms with Gasteiger partial charge >= 0.3 is 0 Å². The summed E-state index contributed by atoms with van der Waals surface area (Å²) in [4.78, 5) is 0. The van der Waals surface area contributed by atoms with Gasteiger partial charge in [-0.3, -0.25) is 0 Å². The van der Waals surface area contributed by atoms with Crippen LogP contribution in [0.3, 0.4) is 0 Å². The molecule has 4 saturated carbocycles. The number of rotatable bonds is 0. The molecule has 2 heterocycles. The molecule has 4 aliphatic carbocycles. The van der Waals surface area contributed by atoms with Crippen LogP contribution in [-0.4, -0.2) is 18.5 Å². The first-order valence-corrected chi connectivity index (χ1v) is 13.2. The zero-order valence-corrected chi connectivity index (χ0v) is 19.4. The van der Waals surface area contributed by atoms with Gasteiger partial charge in [0.15, 0.2) is 5.79 Å². The third kappa shape index (κ3) is 2.74. The average molecular weight is 417 g/mol. The summed E-state index contributed by atoms with van der Waals surface area (Å²) in [6, 6.07) is 0. The normalized spacial score (nSPS) is 59.6. The van der Waals surface area contributed by atoms with Gasteiger partial charge in [0.25, 0.3) is 0 Å². The molecule has 6 rings (SSSR count). The van der Waals surface area contributed by atoms with Crippen molar-refractivity contribution in [2.75, 3.05) is 6.61 Å². The van der Waals surface area contributed by atoms with E-state index in [2.05, 4.69) is 27.7 Å². The molecule has 2 heteroatoms. The van der Waals surface area contributed by atoms with Crippen molar-refractivity contribution in [3.05, 3.63) is 0 Å². The van der Waals surface area contributed by atoms with E-state index in [9.17, 15) is 0 Å². The van der Waals surface area contributed by atoms with Gasteiger partial charge in [0, 0.05) is 12.3 Å². The summed E-state index contributed by atoms with van der Waals surface area (Å²) < 4.78 is 13.4. The van der Waals surface area contributed by atoms with Crippen LogP contribution in [0.25, 0.3) is 0 Å². The van der Waals surface area contributed by atoms with Gasteiger partial charge < -0.3 is 9.47 Å². The maximum Gasteiger partial charge on any atom is 0.171 e. The number of hydrogen-bond acceptors (Lipinski definition) is 2. The van der Waals surface area contributed by atoms with E-state index in [0.717, 1.165) is 42.6 Å². The van der Waals surface area contributed by atoms with Crippen molar-refractivity contribution in [1.82, 2.24) is 0 Å². The number of ether oxygens (including phenoxy) is 2. The molecule has 1 unspecified atom stereocenters. The molecule has 0 aromatic heterocycles. The molecule has 0 aromatic carbocycles. The van der Waals surface area contributed by atoms with Crippen LogP contribution in [0.15, 0.2) is 0 Å². The van der Waals surface area contributed by atoms with E-state index < -0.39 is 0 Å². The Bertz CT molecular complexity index is 651. The lowest BCUT2D eigenvalue weighted by Crippen LogP contribution is -2.54. The molecule has 0 amide bonds. The van der Waals surface area contributed by atoms with Crippen LogP contribution in [0.4, 0.5) is 0 Å². The second-order valence-corrected chi connectivity index (χ2v) is 12.9. The molecule has 2 nitrogen and oxygen atoms in total. The Morgan fingerprint density at radius 1 is 0.800 bits per heavy atom. The highest BCUT2D eigenvalue weighted by atomic mass is 16.7. The molecule has 1 spiro atoms. The summed E-state index contributed by atoms with van der Waals surface area (Å²) >= 11 is 0. The Kier molecular flexibility index (Phi) is 5.23. The molecule has 0 bridgehead atoms.